The first-order valence-electron chi connectivity index (χ1n) is 12.1. The predicted molar refractivity (Wildman–Crippen MR) is 143 cm³/mol. The van der Waals surface area contributed by atoms with Gasteiger partial charge in [-0.05, 0) is 64.3 Å². The van der Waals surface area contributed by atoms with Crippen molar-refractivity contribution in [2.24, 2.45) is 5.73 Å². The van der Waals surface area contributed by atoms with Crippen LogP contribution in [0.3, 0.4) is 0 Å². The Hall–Kier alpha value is -4.12. The molecule has 1 fully saturated rings. The number of carbonyl (C=O) groups is 3. The SMILES string of the molecule is CC(C)(C)OC(=O)N1CCCCC1c1nc(-c2ccc(C(=O)Nc3cc(Cl)ccn3)cc2)c(C(N)=O)n1N. The Morgan fingerprint density at radius 3 is 2.47 bits per heavy atom. The van der Waals surface area contributed by atoms with Gasteiger partial charge in [0.05, 0.1) is 6.04 Å². The first kappa shape index (κ1) is 26.9. The average Bonchev–Trinajstić information content (AvgIpc) is 3.20. The molecule has 12 heteroatoms. The quantitative estimate of drug-likeness (QED) is 0.411. The number of piperidine rings is 1. The minimum Gasteiger partial charge on any atom is -0.444 e. The number of halogens is 1. The molecule has 0 radical (unpaired) electrons. The maximum Gasteiger partial charge on any atom is 0.410 e. The summed E-state index contributed by atoms with van der Waals surface area (Å²) in [4.78, 5) is 48.3. The molecular formula is C26H30ClN7O4. The van der Waals surface area contributed by atoms with E-state index in [4.69, 9.17) is 27.9 Å². The molecule has 1 unspecified atom stereocenters. The molecule has 1 aliphatic rings. The number of imidazole rings is 1. The lowest BCUT2D eigenvalue weighted by molar-refractivity contribution is 0.00821. The summed E-state index contributed by atoms with van der Waals surface area (Å²) in [5, 5.41) is 3.12. The van der Waals surface area contributed by atoms with Crippen molar-refractivity contribution < 1.29 is 19.1 Å². The number of anilines is 1. The second-order valence-electron chi connectivity index (χ2n) is 9.98. The summed E-state index contributed by atoms with van der Waals surface area (Å²) in [7, 11) is 0. The fourth-order valence-corrected chi connectivity index (χ4v) is 4.46. The maximum atomic E-state index is 12.9. The van der Waals surface area contributed by atoms with Gasteiger partial charge in [0.1, 0.15) is 17.1 Å². The van der Waals surface area contributed by atoms with Gasteiger partial charge >= 0.3 is 6.09 Å². The number of amides is 3. The zero-order chi connectivity index (χ0) is 27.6. The van der Waals surface area contributed by atoms with Crippen LogP contribution in [-0.4, -0.2) is 49.6 Å². The van der Waals surface area contributed by atoms with Crippen LogP contribution in [0.15, 0.2) is 42.6 Å². The summed E-state index contributed by atoms with van der Waals surface area (Å²) >= 11 is 5.95. The van der Waals surface area contributed by atoms with E-state index < -0.39 is 23.6 Å². The van der Waals surface area contributed by atoms with Crippen LogP contribution in [0.2, 0.25) is 5.02 Å². The molecule has 3 amide bonds. The van der Waals surface area contributed by atoms with Gasteiger partial charge < -0.3 is 21.6 Å². The van der Waals surface area contributed by atoms with E-state index in [0.29, 0.717) is 40.8 Å². The number of hydrogen-bond donors (Lipinski definition) is 3. The highest BCUT2D eigenvalue weighted by Crippen LogP contribution is 2.34. The van der Waals surface area contributed by atoms with E-state index in [-0.39, 0.29) is 17.3 Å². The molecule has 11 nitrogen and oxygen atoms in total. The van der Waals surface area contributed by atoms with Gasteiger partial charge in [0.25, 0.3) is 11.8 Å². The number of ether oxygens (including phenoxy) is 1. The van der Waals surface area contributed by atoms with Gasteiger partial charge in [-0.2, -0.15) is 0 Å². The molecule has 5 N–H and O–H groups in total. The first-order chi connectivity index (χ1) is 17.9. The second kappa shape index (κ2) is 10.7. The van der Waals surface area contributed by atoms with E-state index in [1.807, 2.05) is 0 Å². The lowest BCUT2D eigenvalue weighted by Gasteiger charge is -2.36. The number of likely N-dealkylation sites (tertiary alicyclic amines) is 1. The van der Waals surface area contributed by atoms with Gasteiger partial charge in [0, 0.05) is 28.9 Å². The van der Waals surface area contributed by atoms with Crippen molar-refractivity contribution in [3.8, 4) is 11.3 Å². The fraction of sp³-hybridized carbons (Fsp3) is 0.346. The molecule has 0 bridgehead atoms. The van der Waals surface area contributed by atoms with E-state index >= 15 is 0 Å². The lowest BCUT2D eigenvalue weighted by Crippen LogP contribution is -2.43. The minimum absolute atomic E-state index is 0.00459. The highest BCUT2D eigenvalue weighted by atomic mass is 35.5. The summed E-state index contributed by atoms with van der Waals surface area (Å²) in [6, 6.07) is 9.11. The molecule has 38 heavy (non-hydrogen) atoms. The maximum absolute atomic E-state index is 12.9. The van der Waals surface area contributed by atoms with Crippen molar-refractivity contribution >= 4 is 35.3 Å². The average molecular weight is 540 g/mol. The third kappa shape index (κ3) is 5.88. The summed E-state index contributed by atoms with van der Waals surface area (Å²) in [6.45, 7) is 5.87. The Morgan fingerprint density at radius 1 is 1.13 bits per heavy atom. The summed E-state index contributed by atoms with van der Waals surface area (Å²) < 4.78 is 6.74. The Bertz CT molecular complexity index is 1360. The highest BCUT2D eigenvalue weighted by Gasteiger charge is 2.36. The topological polar surface area (TPSA) is 158 Å². The third-order valence-corrected chi connectivity index (χ3v) is 6.22. The van der Waals surface area contributed by atoms with Crippen LogP contribution >= 0.6 is 11.6 Å². The van der Waals surface area contributed by atoms with E-state index in [1.54, 1.807) is 56.0 Å². The number of rotatable bonds is 5. The number of benzene rings is 1. The molecule has 1 aromatic carbocycles. The van der Waals surface area contributed by atoms with Crippen molar-refractivity contribution in [3.05, 3.63) is 64.7 Å². The zero-order valence-corrected chi connectivity index (χ0v) is 22.2. The van der Waals surface area contributed by atoms with E-state index in [2.05, 4.69) is 15.3 Å². The smallest absolute Gasteiger partial charge is 0.410 e. The second-order valence-corrected chi connectivity index (χ2v) is 10.4. The van der Waals surface area contributed by atoms with Crippen LogP contribution in [0.4, 0.5) is 10.6 Å². The largest absolute Gasteiger partial charge is 0.444 e. The molecule has 0 spiro atoms. The van der Waals surface area contributed by atoms with E-state index in [0.717, 1.165) is 17.5 Å². The highest BCUT2D eigenvalue weighted by molar-refractivity contribution is 6.30. The van der Waals surface area contributed by atoms with Crippen LogP contribution < -0.4 is 16.9 Å². The molecule has 1 saturated heterocycles. The normalized spacial score (nSPS) is 15.7. The molecule has 1 atom stereocenters. The molecular weight excluding hydrogens is 510 g/mol. The van der Waals surface area contributed by atoms with Crippen LogP contribution in [-0.2, 0) is 4.74 Å². The number of nitrogens with two attached hydrogens (primary N) is 2. The molecule has 2 aromatic heterocycles. The van der Waals surface area contributed by atoms with Crippen LogP contribution in [0, 0.1) is 0 Å². The van der Waals surface area contributed by atoms with Gasteiger partial charge in [-0.1, -0.05) is 23.7 Å². The van der Waals surface area contributed by atoms with Gasteiger partial charge in [-0.3, -0.25) is 14.5 Å². The van der Waals surface area contributed by atoms with Gasteiger partial charge in [0.2, 0.25) is 0 Å². The molecule has 3 aromatic rings. The van der Waals surface area contributed by atoms with Gasteiger partial charge in [0.15, 0.2) is 11.5 Å². The Kier molecular flexibility index (Phi) is 7.58. The number of nitrogen functional groups attached to an aromatic ring is 1. The van der Waals surface area contributed by atoms with Crippen LogP contribution in [0.5, 0.6) is 0 Å². The first-order valence-corrected chi connectivity index (χ1v) is 12.5. The number of aromatic nitrogens is 3. The molecule has 0 saturated carbocycles. The minimum atomic E-state index is -0.769. The number of hydrogen-bond acceptors (Lipinski definition) is 7. The van der Waals surface area contributed by atoms with Crippen molar-refractivity contribution in [1.82, 2.24) is 19.5 Å². The van der Waals surface area contributed by atoms with Crippen LogP contribution in [0.1, 0.15) is 72.7 Å². The monoisotopic (exact) mass is 539 g/mol. The number of carbonyl (C=O) groups excluding carboxylic acids is 3. The van der Waals surface area contributed by atoms with Gasteiger partial charge in [-0.25, -0.2) is 19.4 Å². The van der Waals surface area contributed by atoms with Crippen molar-refractivity contribution in [2.45, 2.75) is 51.7 Å². The number of primary amides is 1. The number of nitrogens with one attached hydrogen (secondary N) is 1. The predicted octanol–water partition coefficient (Wildman–Crippen LogP) is 4.13. The Morgan fingerprint density at radius 2 is 1.84 bits per heavy atom. The zero-order valence-electron chi connectivity index (χ0n) is 21.4. The summed E-state index contributed by atoms with van der Waals surface area (Å²) in [5.41, 5.74) is 6.15. The van der Waals surface area contributed by atoms with E-state index in [1.165, 1.54) is 12.3 Å². The summed E-state index contributed by atoms with van der Waals surface area (Å²) in [5.74, 6) is 5.82. The summed E-state index contributed by atoms with van der Waals surface area (Å²) in [6.07, 6.45) is 3.27. The molecule has 200 valence electrons. The number of pyridine rings is 1. The van der Waals surface area contributed by atoms with Crippen LogP contribution in [0.25, 0.3) is 11.3 Å². The number of nitrogens with zero attached hydrogens (tertiary/aromatic N) is 4. The molecule has 0 aliphatic carbocycles. The van der Waals surface area contributed by atoms with Gasteiger partial charge in [-0.15, -0.1) is 0 Å². The molecule has 3 heterocycles. The van der Waals surface area contributed by atoms with E-state index in [9.17, 15) is 14.4 Å². The molecule has 4 rings (SSSR count). The Balaban J connectivity index is 1.64. The molecule has 1 aliphatic heterocycles. The Labute approximate surface area is 225 Å². The standard InChI is InChI=1S/C26H30ClN7O4/c1-26(2,3)38-25(37)33-13-5-4-6-18(33)23-32-20(21(22(28)35)34(23)29)15-7-9-16(10-8-15)24(36)31-19-14-17(27)11-12-30-19/h7-12,14,18H,4-6,13,29H2,1-3H3,(H2,28,35)(H,30,31,36). The lowest BCUT2D eigenvalue weighted by atomic mass is 10.0. The van der Waals surface area contributed by atoms with Crippen molar-refractivity contribution in [1.29, 1.82) is 0 Å². The van der Waals surface area contributed by atoms with Crippen molar-refractivity contribution in [2.75, 3.05) is 17.7 Å². The van der Waals surface area contributed by atoms with Crippen molar-refractivity contribution in [3.63, 3.8) is 0 Å². The fourth-order valence-electron chi connectivity index (χ4n) is 4.30. The third-order valence-electron chi connectivity index (χ3n) is 5.98.